The normalized spacial score (nSPS) is 11.0. The van der Waals surface area contributed by atoms with Gasteiger partial charge in [0.25, 0.3) is 0 Å². The number of rotatable bonds is 9. The Kier molecular flexibility index (Phi) is 6.84. The number of amides is 2. The SMILES string of the molecule is CCOc1ccccc1NC(=O)CS(=O)(=O)CCCC(N)=O. The molecule has 0 bridgehead atoms. The van der Waals surface area contributed by atoms with Gasteiger partial charge in [0.05, 0.1) is 18.0 Å². The van der Waals surface area contributed by atoms with Crippen LogP contribution < -0.4 is 15.8 Å². The number of benzene rings is 1. The van der Waals surface area contributed by atoms with Crippen molar-refractivity contribution in [1.82, 2.24) is 0 Å². The lowest BCUT2D eigenvalue weighted by molar-refractivity contribution is -0.118. The van der Waals surface area contributed by atoms with E-state index in [9.17, 15) is 18.0 Å². The van der Waals surface area contributed by atoms with E-state index in [1.807, 2.05) is 6.92 Å². The summed E-state index contributed by atoms with van der Waals surface area (Å²) < 4.78 is 28.9. The Labute approximate surface area is 129 Å². The third-order valence-electron chi connectivity index (χ3n) is 2.69. The van der Waals surface area contributed by atoms with E-state index in [0.29, 0.717) is 18.0 Å². The number of nitrogens with one attached hydrogen (secondary N) is 1. The summed E-state index contributed by atoms with van der Waals surface area (Å²) in [5, 5.41) is 2.52. The highest BCUT2D eigenvalue weighted by Crippen LogP contribution is 2.23. The number of carbonyl (C=O) groups excluding carboxylic acids is 2. The van der Waals surface area contributed by atoms with Crippen molar-refractivity contribution in [2.75, 3.05) is 23.4 Å². The first-order valence-corrected chi connectivity index (χ1v) is 8.66. The number of primary amides is 1. The molecule has 0 aliphatic rings. The second-order valence-corrected chi connectivity index (χ2v) is 6.82. The Morgan fingerprint density at radius 3 is 2.59 bits per heavy atom. The van der Waals surface area contributed by atoms with Crippen LogP contribution >= 0.6 is 0 Å². The molecule has 122 valence electrons. The molecule has 0 radical (unpaired) electrons. The summed E-state index contributed by atoms with van der Waals surface area (Å²) in [6.07, 6.45) is 0.0918. The van der Waals surface area contributed by atoms with E-state index < -0.39 is 27.4 Å². The van der Waals surface area contributed by atoms with Crippen LogP contribution in [0, 0.1) is 0 Å². The standard InChI is InChI=1S/C14H20N2O5S/c1-2-21-12-7-4-3-6-11(12)16-14(18)10-22(19,20)9-5-8-13(15)17/h3-4,6-7H,2,5,8-10H2,1H3,(H2,15,17)(H,16,18). The molecule has 0 saturated carbocycles. The molecule has 0 aliphatic carbocycles. The molecule has 0 spiro atoms. The predicted molar refractivity (Wildman–Crippen MR) is 83.3 cm³/mol. The monoisotopic (exact) mass is 328 g/mol. The van der Waals surface area contributed by atoms with E-state index in [2.05, 4.69) is 5.32 Å². The number of carbonyl (C=O) groups is 2. The summed E-state index contributed by atoms with van der Waals surface area (Å²) in [5.41, 5.74) is 5.36. The lowest BCUT2D eigenvalue weighted by atomic mass is 10.3. The van der Waals surface area contributed by atoms with Crippen molar-refractivity contribution in [1.29, 1.82) is 0 Å². The van der Waals surface area contributed by atoms with E-state index in [4.69, 9.17) is 10.5 Å². The van der Waals surface area contributed by atoms with Gasteiger partial charge < -0.3 is 15.8 Å². The highest BCUT2D eigenvalue weighted by Gasteiger charge is 2.18. The van der Waals surface area contributed by atoms with Crippen molar-refractivity contribution in [3.05, 3.63) is 24.3 Å². The zero-order chi connectivity index (χ0) is 16.6. The van der Waals surface area contributed by atoms with Crippen molar-refractivity contribution in [2.45, 2.75) is 19.8 Å². The van der Waals surface area contributed by atoms with Crippen LogP contribution in [0.1, 0.15) is 19.8 Å². The van der Waals surface area contributed by atoms with Crippen LogP contribution in [0.25, 0.3) is 0 Å². The van der Waals surface area contributed by atoms with Crippen molar-refractivity contribution < 1.29 is 22.7 Å². The largest absolute Gasteiger partial charge is 0.492 e. The third-order valence-corrected chi connectivity index (χ3v) is 4.30. The smallest absolute Gasteiger partial charge is 0.239 e. The van der Waals surface area contributed by atoms with E-state index in [1.54, 1.807) is 24.3 Å². The Morgan fingerprint density at radius 1 is 1.27 bits per heavy atom. The van der Waals surface area contributed by atoms with Gasteiger partial charge in [0.1, 0.15) is 11.5 Å². The van der Waals surface area contributed by atoms with Crippen LogP contribution in [0.2, 0.25) is 0 Å². The minimum absolute atomic E-state index is 0.0198. The van der Waals surface area contributed by atoms with Gasteiger partial charge in [-0.2, -0.15) is 0 Å². The Hall–Kier alpha value is -2.09. The summed E-state index contributed by atoms with van der Waals surface area (Å²) >= 11 is 0. The highest BCUT2D eigenvalue weighted by atomic mass is 32.2. The summed E-state index contributed by atoms with van der Waals surface area (Å²) in [6, 6.07) is 6.77. The van der Waals surface area contributed by atoms with Crippen LogP contribution in [-0.2, 0) is 19.4 Å². The summed E-state index contributed by atoms with van der Waals surface area (Å²) in [4.78, 5) is 22.4. The number of hydrogen-bond donors (Lipinski definition) is 2. The van der Waals surface area contributed by atoms with E-state index >= 15 is 0 Å². The molecular formula is C14H20N2O5S. The van der Waals surface area contributed by atoms with Gasteiger partial charge in [-0.3, -0.25) is 9.59 Å². The first kappa shape index (κ1) is 18.0. The number of hydrogen-bond acceptors (Lipinski definition) is 5. The Morgan fingerprint density at radius 2 is 1.95 bits per heavy atom. The molecule has 2 amide bonds. The van der Waals surface area contributed by atoms with Crippen molar-refractivity contribution >= 4 is 27.3 Å². The van der Waals surface area contributed by atoms with Crippen molar-refractivity contribution in [2.24, 2.45) is 5.73 Å². The molecule has 3 N–H and O–H groups in total. The Bertz CT molecular complexity index is 628. The lowest BCUT2D eigenvalue weighted by Gasteiger charge is -2.11. The molecule has 0 unspecified atom stereocenters. The zero-order valence-electron chi connectivity index (χ0n) is 12.4. The maximum absolute atomic E-state index is 11.8. The maximum atomic E-state index is 11.8. The molecule has 0 aliphatic heterocycles. The fourth-order valence-electron chi connectivity index (χ4n) is 1.78. The summed E-state index contributed by atoms with van der Waals surface area (Å²) in [6.45, 7) is 2.24. The topological polar surface area (TPSA) is 116 Å². The van der Waals surface area contributed by atoms with Gasteiger partial charge in [0.2, 0.25) is 11.8 Å². The molecule has 8 heteroatoms. The number of ether oxygens (including phenoxy) is 1. The molecule has 22 heavy (non-hydrogen) atoms. The predicted octanol–water partition coefficient (Wildman–Crippen LogP) is 0.704. The van der Waals surface area contributed by atoms with E-state index in [0.717, 1.165) is 0 Å². The fourth-order valence-corrected chi connectivity index (χ4v) is 2.98. The van der Waals surface area contributed by atoms with Crippen molar-refractivity contribution in [3.8, 4) is 5.75 Å². The van der Waals surface area contributed by atoms with Gasteiger partial charge in [-0.05, 0) is 25.5 Å². The number of sulfone groups is 1. The van der Waals surface area contributed by atoms with Crippen LogP contribution in [0.3, 0.4) is 0 Å². The molecule has 0 fully saturated rings. The van der Waals surface area contributed by atoms with Crippen LogP contribution in [0.4, 0.5) is 5.69 Å². The zero-order valence-corrected chi connectivity index (χ0v) is 13.2. The molecule has 0 aromatic heterocycles. The van der Waals surface area contributed by atoms with Gasteiger partial charge in [-0.25, -0.2) is 8.42 Å². The average molecular weight is 328 g/mol. The summed E-state index contributed by atoms with van der Waals surface area (Å²) in [7, 11) is -3.58. The van der Waals surface area contributed by atoms with Gasteiger partial charge in [0, 0.05) is 6.42 Å². The molecule has 7 nitrogen and oxygen atoms in total. The van der Waals surface area contributed by atoms with Gasteiger partial charge in [-0.15, -0.1) is 0 Å². The first-order valence-electron chi connectivity index (χ1n) is 6.84. The second kappa shape index (κ2) is 8.38. The van der Waals surface area contributed by atoms with Crippen LogP contribution in [0.15, 0.2) is 24.3 Å². The molecule has 0 saturated heterocycles. The van der Waals surface area contributed by atoms with Gasteiger partial charge in [0.15, 0.2) is 9.84 Å². The number of anilines is 1. The third kappa shape index (κ3) is 6.57. The van der Waals surface area contributed by atoms with E-state index in [1.165, 1.54) is 0 Å². The fraction of sp³-hybridized carbons (Fsp3) is 0.429. The lowest BCUT2D eigenvalue weighted by Crippen LogP contribution is -2.25. The quantitative estimate of drug-likeness (QED) is 0.692. The van der Waals surface area contributed by atoms with Gasteiger partial charge in [-0.1, -0.05) is 12.1 Å². The second-order valence-electron chi connectivity index (χ2n) is 4.64. The molecular weight excluding hydrogens is 308 g/mol. The van der Waals surface area contributed by atoms with Crippen LogP contribution in [0.5, 0.6) is 5.75 Å². The molecule has 1 aromatic rings. The first-order chi connectivity index (χ1) is 10.3. The maximum Gasteiger partial charge on any atom is 0.239 e. The molecule has 1 aromatic carbocycles. The minimum Gasteiger partial charge on any atom is -0.492 e. The van der Waals surface area contributed by atoms with Crippen molar-refractivity contribution in [3.63, 3.8) is 0 Å². The number of para-hydroxylation sites is 2. The van der Waals surface area contributed by atoms with Crippen LogP contribution in [-0.4, -0.2) is 38.3 Å². The van der Waals surface area contributed by atoms with E-state index in [-0.39, 0.29) is 18.6 Å². The molecule has 0 atom stereocenters. The number of nitrogens with two attached hydrogens (primary N) is 1. The molecule has 1 rings (SSSR count). The van der Waals surface area contributed by atoms with Gasteiger partial charge >= 0.3 is 0 Å². The molecule has 0 heterocycles. The average Bonchev–Trinajstić information content (AvgIpc) is 2.39. The minimum atomic E-state index is -3.58. The summed E-state index contributed by atoms with van der Waals surface area (Å²) in [5.74, 6) is -1.64. The highest BCUT2D eigenvalue weighted by molar-refractivity contribution is 7.92. The Balaban J connectivity index is 2.60.